The highest BCUT2D eigenvalue weighted by molar-refractivity contribution is 6.03. The van der Waals surface area contributed by atoms with Crippen molar-refractivity contribution in [2.75, 3.05) is 82.3 Å². The van der Waals surface area contributed by atoms with Gasteiger partial charge in [0.2, 0.25) is 5.36 Å². The quantitative estimate of drug-likeness (QED) is 0.0380. The maximum Gasteiger partial charge on any atom is 0.323 e. The Balaban J connectivity index is 1.60. The number of carboxylic acid groups (broad SMARTS) is 4. The molecule has 57 heavy (non-hydrogen) atoms. The van der Waals surface area contributed by atoms with Gasteiger partial charge in [-0.3, -0.25) is 24.5 Å². The Hall–Kier alpha value is -7.37. The minimum atomic E-state index is -1.60. The number of carbonyl (C=O) groups is 4. The largest absolute Gasteiger partial charge is 0.548 e. The van der Waals surface area contributed by atoms with Crippen LogP contribution >= 0.6 is 0 Å². The molecule has 0 radical (unpaired) electrons. The van der Waals surface area contributed by atoms with Crippen molar-refractivity contribution >= 4 is 57.6 Å². The highest BCUT2D eigenvalue weighted by atomic mass is 16.6. The molecule has 0 fully saturated rings. The molecule has 0 saturated heterocycles. The molecule has 3 aromatic carbocycles. The van der Waals surface area contributed by atoms with Crippen LogP contribution in [0.1, 0.15) is 0 Å². The Labute approximate surface area is 324 Å². The van der Waals surface area contributed by atoms with Crippen LogP contribution in [0.5, 0.6) is 11.5 Å². The maximum atomic E-state index is 11.9. The van der Waals surface area contributed by atoms with Gasteiger partial charge in [-0.25, -0.2) is 4.58 Å². The number of rotatable bonds is 18. The molecule has 0 amide bonds. The summed E-state index contributed by atoms with van der Waals surface area (Å²) in [7, 11) is 7.61. The van der Waals surface area contributed by atoms with E-state index >= 15 is 0 Å². The lowest BCUT2D eigenvalue weighted by atomic mass is 9.93. The highest BCUT2D eigenvalue weighted by Crippen LogP contribution is 2.43. The molecule has 3 N–H and O–H groups in total. The van der Waals surface area contributed by atoms with E-state index in [4.69, 9.17) is 13.9 Å². The Morgan fingerprint density at radius 2 is 1.32 bits per heavy atom. The predicted octanol–water partition coefficient (Wildman–Crippen LogP) is 2.28. The first kappa shape index (κ1) is 40.8. The second kappa shape index (κ2) is 17.4. The smallest absolute Gasteiger partial charge is 0.323 e. The Kier molecular flexibility index (Phi) is 12.5. The second-order valence-electron chi connectivity index (χ2n) is 13.2. The topological polar surface area (TPSA) is 240 Å². The summed E-state index contributed by atoms with van der Waals surface area (Å²) in [5, 5.41) is 53.4. The van der Waals surface area contributed by atoms with Crippen molar-refractivity contribution in [3.63, 3.8) is 0 Å². The fraction of sp³-hybridized carbons (Fsp3) is 0.256. The molecule has 0 unspecified atom stereocenters. The van der Waals surface area contributed by atoms with E-state index in [0.717, 1.165) is 55.6 Å². The molecule has 1 aliphatic heterocycles. The van der Waals surface area contributed by atoms with Crippen molar-refractivity contribution in [3.8, 4) is 33.9 Å². The molecule has 18 heteroatoms. The van der Waals surface area contributed by atoms with Gasteiger partial charge in [0.1, 0.15) is 69.8 Å². The molecular weight excluding hydrogens is 746 g/mol. The van der Waals surface area contributed by atoms with E-state index in [1.54, 1.807) is 18.2 Å². The zero-order valence-corrected chi connectivity index (χ0v) is 31.3. The van der Waals surface area contributed by atoms with Gasteiger partial charge in [-0.2, -0.15) is 0 Å². The number of benzene rings is 4. The molecule has 3 aromatic rings. The molecule has 1 heterocycles. The number of aliphatic carboxylic acids is 4. The number of anilines is 3. The van der Waals surface area contributed by atoms with E-state index in [1.165, 1.54) is 0 Å². The van der Waals surface area contributed by atoms with Crippen LogP contribution in [-0.4, -0.2) is 112 Å². The molecule has 0 atom stereocenters. The van der Waals surface area contributed by atoms with E-state index in [1.807, 2.05) is 74.1 Å². The van der Waals surface area contributed by atoms with Crippen molar-refractivity contribution in [1.82, 2.24) is 4.58 Å². The standard InChI is InChI=1S/C39H39N5O13/c1-40(2)24-6-9-27-31(16-24)57-32-17-25(41(3)4)7-10-28(32)39(27)23-5-11-29(42(19-35(45)46)20-36(47)48)33(15-23)55-13-14-56-34-18-26(44(53)54)8-12-30(34)43(21-37(49)50)22-38(51)52/h5-12,15-18H,13-14,19-22H2,1-4H3,(H3-,45,46,47,48,49,50,51,52). The first-order valence-corrected chi connectivity index (χ1v) is 17.2. The van der Waals surface area contributed by atoms with Crippen molar-refractivity contribution in [1.29, 1.82) is 0 Å². The van der Waals surface area contributed by atoms with Crippen LogP contribution in [0.3, 0.4) is 0 Å². The Morgan fingerprint density at radius 3 is 1.86 bits per heavy atom. The van der Waals surface area contributed by atoms with Gasteiger partial charge in [-0.15, -0.1) is 0 Å². The van der Waals surface area contributed by atoms with Crippen LogP contribution in [0.4, 0.5) is 22.7 Å². The average molecular weight is 786 g/mol. The third-order valence-corrected chi connectivity index (χ3v) is 8.70. The number of hydrogen-bond donors (Lipinski definition) is 3. The van der Waals surface area contributed by atoms with Gasteiger partial charge in [0.05, 0.1) is 40.9 Å². The van der Waals surface area contributed by atoms with Crippen LogP contribution in [0, 0.1) is 10.1 Å². The molecule has 0 bridgehead atoms. The number of hydrogen-bond acceptors (Lipinski definition) is 13. The summed E-state index contributed by atoms with van der Waals surface area (Å²) in [4.78, 5) is 61.6. The number of ether oxygens (including phenoxy) is 2. The predicted molar refractivity (Wildman–Crippen MR) is 206 cm³/mol. The number of fused-ring (bicyclic) bond motifs is 2. The fourth-order valence-corrected chi connectivity index (χ4v) is 6.18. The van der Waals surface area contributed by atoms with Crippen LogP contribution in [0.25, 0.3) is 33.4 Å². The molecule has 0 saturated carbocycles. The zero-order valence-electron chi connectivity index (χ0n) is 31.3. The number of nitro groups is 1. The monoisotopic (exact) mass is 785 g/mol. The van der Waals surface area contributed by atoms with Crippen LogP contribution in [-0.2, 0) is 19.2 Å². The minimum Gasteiger partial charge on any atom is -0.548 e. The van der Waals surface area contributed by atoms with E-state index in [-0.39, 0.29) is 36.1 Å². The van der Waals surface area contributed by atoms with Crippen molar-refractivity contribution in [3.05, 3.63) is 88.3 Å². The zero-order chi connectivity index (χ0) is 41.6. The van der Waals surface area contributed by atoms with Gasteiger partial charge in [-0.1, -0.05) is 6.07 Å². The molecule has 1 aliphatic carbocycles. The number of nitrogens with zero attached hydrogens (tertiary/aromatic N) is 5. The van der Waals surface area contributed by atoms with Gasteiger partial charge in [0, 0.05) is 54.5 Å². The van der Waals surface area contributed by atoms with Crippen LogP contribution in [0.15, 0.2) is 77.2 Å². The van der Waals surface area contributed by atoms with Crippen molar-refractivity contribution in [2.24, 2.45) is 0 Å². The summed E-state index contributed by atoms with van der Waals surface area (Å²) in [5.41, 5.74) is 3.17. The minimum absolute atomic E-state index is 0.0687. The van der Waals surface area contributed by atoms with Gasteiger partial charge in [0.25, 0.3) is 5.69 Å². The lowest BCUT2D eigenvalue weighted by Gasteiger charge is -2.26. The molecule has 2 aliphatic rings. The second-order valence-corrected chi connectivity index (χ2v) is 13.2. The Bertz CT molecular complexity index is 2370. The highest BCUT2D eigenvalue weighted by Gasteiger charge is 2.24. The molecule has 18 nitrogen and oxygen atoms in total. The molecule has 0 spiro atoms. The Morgan fingerprint density at radius 1 is 0.737 bits per heavy atom. The van der Waals surface area contributed by atoms with Crippen LogP contribution in [0.2, 0.25) is 0 Å². The van der Waals surface area contributed by atoms with Crippen LogP contribution < -0.4 is 39.2 Å². The number of non-ortho nitro benzene ring substituents is 1. The summed E-state index contributed by atoms with van der Waals surface area (Å²) >= 11 is 0. The lowest BCUT2D eigenvalue weighted by molar-refractivity contribution is -0.384. The van der Waals surface area contributed by atoms with Crippen molar-refractivity contribution < 1.29 is 58.4 Å². The van der Waals surface area contributed by atoms with Gasteiger partial charge in [0.15, 0.2) is 0 Å². The maximum absolute atomic E-state index is 11.9. The summed E-state index contributed by atoms with van der Waals surface area (Å²) in [6.07, 6.45) is 0. The molecule has 5 rings (SSSR count). The summed E-state index contributed by atoms with van der Waals surface area (Å²) in [6.45, 7) is -3.66. The first-order chi connectivity index (χ1) is 27.0. The summed E-state index contributed by atoms with van der Waals surface area (Å²) in [6, 6.07) is 19.6. The van der Waals surface area contributed by atoms with E-state index < -0.39 is 60.7 Å². The number of nitro benzene ring substituents is 1. The van der Waals surface area contributed by atoms with E-state index in [2.05, 4.69) is 0 Å². The third-order valence-electron chi connectivity index (χ3n) is 8.70. The molecule has 0 aromatic heterocycles. The van der Waals surface area contributed by atoms with E-state index in [0.29, 0.717) is 16.9 Å². The SMILES string of the molecule is CN(C)c1ccc2c(-c3ccc(N(CC(=O)O)CC(=O)O)c(OCCOc4cc([N+](=O)[O-])ccc4N(CC(=O)[O-])CC(=O)O)c3)c3ccc(=[N+](C)C)cc-3oc2c1. The summed E-state index contributed by atoms with van der Waals surface area (Å²) in [5.74, 6) is -5.17. The van der Waals surface area contributed by atoms with Crippen molar-refractivity contribution in [2.45, 2.75) is 0 Å². The molecular formula is C39H39N5O13. The number of carboxylic acids is 4. The first-order valence-electron chi connectivity index (χ1n) is 17.2. The van der Waals surface area contributed by atoms with Gasteiger partial charge >= 0.3 is 17.9 Å². The third kappa shape index (κ3) is 9.85. The van der Waals surface area contributed by atoms with Gasteiger partial charge < -0.3 is 53.8 Å². The van der Waals surface area contributed by atoms with Gasteiger partial charge in [-0.05, 0) is 42.0 Å². The number of carbonyl (C=O) groups excluding carboxylic acids is 1. The fourth-order valence-electron chi connectivity index (χ4n) is 6.18. The lowest BCUT2D eigenvalue weighted by Crippen LogP contribution is -2.41. The van der Waals surface area contributed by atoms with E-state index in [9.17, 15) is 49.7 Å². The normalized spacial score (nSPS) is 10.9. The molecule has 298 valence electrons. The summed E-state index contributed by atoms with van der Waals surface area (Å²) < 4.78 is 20.3. The average Bonchev–Trinajstić information content (AvgIpc) is 3.13.